The van der Waals surface area contributed by atoms with Crippen molar-refractivity contribution in [2.75, 3.05) is 112 Å². The third kappa shape index (κ3) is 33.0. The number of terminal acetylenes is 3. The van der Waals surface area contributed by atoms with Gasteiger partial charge in [-0.15, -0.1) is 19.3 Å². The molecule has 0 aliphatic rings. The Kier molecular flexibility index (Phi) is 34.2. The van der Waals surface area contributed by atoms with E-state index in [4.69, 9.17) is 52.2 Å². The quantitative estimate of drug-likeness (QED) is 0.0263. The monoisotopic (exact) mass is 830 g/mol. The highest BCUT2D eigenvalue weighted by Gasteiger charge is 2.33. The van der Waals surface area contributed by atoms with E-state index in [1.807, 2.05) is 0 Å². The van der Waals surface area contributed by atoms with Crippen LogP contribution in [0.15, 0.2) is 0 Å². The molecule has 0 fully saturated rings. The Labute approximate surface area is 338 Å². The van der Waals surface area contributed by atoms with Crippen LogP contribution in [0.2, 0.25) is 0 Å². The van der Waals surface area contributed by atoms with Crippen LogP contribution in [-0.2, 0) is 56.7 Å². The Morgan fingerprint density at radius 3 is 1.29 bits per heavy atom. The van der Waals surface area contributed by atoms with Crippen LogP contribution >= 0.6 is 18.8 Å². The molecule has 16 nitrogen and oxygen atoms in total. The largest absolute Gasteiger partial charge is 0.377 e. The van der Waals surface area contributed by atoms with Gasteiger partial charge in [0.1, 0.15) is 19.8 Å². The van der Waals surface area contributed by atoms with E-state index in [0.29, 0.717) is 52.5 Å². The van der Waals surface area contributed by atoms with Crippen LogP contribution in [0.5, 0.6) is 0 Å². The van der Waals surface area contributed by atoms with Gasteiger partial charge in [0.05, 0.1) is 66.1 Å². The summed E-state index contributed by atoms with van der Waals surface area (Å²) in [5, 5.41) is 11.5. The first kappa shape index (κ1) is 52.9. The SMILES string of the molecule is C#CCOCCOCCNC(=O)CCC(CCC(=O)NCCOCCOCC#C)(CCC(=O)NCCOCCOCC#C)NC(=O)CCCCOP(=O)(S)CC. The number of nitrogens with one attached hydrogen (secondary N) is 4. The van der Waals surface area contributed by atoms with Crippen molar-refractivity contribution >= 4 is 42.4 Å². The van der Waals surface area contributed by atoms with Crippen molar-refractivity contribution in [3.63, 3.8) is 0 Å². The first-order chi connectivity index (χ1) is 27.0. The Balaban J connectivity index is 5.58. The second kappa shape index (κ2) is 36.2. The molecule has 0 bridgehead atoms. The maximum absolute atomic E-state index is 13.4. The summed E-state index contributed by atoms with van der Waals surface area (Å²) in [6.45, 7) is 2.90. The van der Waals surface area contributed by atoms with E-state index in [1.165, 1.54) is 0 Å². The number of carbonyl (C=O) groups is 4. The number of hydrogen-bond donors (Lipinski definition) is 5. The van der Waals surface area contributed by atoms with Gasteiger partial charge < -0.3 is 54.2 Å². The zero-order chi connectivity index (χ0) is 41.6. The molecule has 0 aromatic rings. The molecule has 0 saturated carbocycles. The molecular weight excluding hydrogens is 767 g/mol. The van der Waals surface area contributed by atoms with E-state index in [-0.39, 0.29) is 141 Å². The first-order valence-corrected chi connectivity index (χ1v) is 21.8. The summed E-state index contributed by atoms with van der Waals surface area (Å²) in [6.07, 6.45) is 17.2. The Hall–Kier alpha value is -3.14. The van der Waals surface area contributed by atoms with Crippen LogP contribution in [0.25, 0.3) is 0 Å². The van der Waals surface area contributed by atoms with Gasteiger partial charge in [-0.25, -0.2) is 0 Å². The maximum Gasteiger partial charge on any atom is 0.254 e. The maximum atomic E-state index is 13.4. The van der Waals surface area contributed by atoms with Crippen LogP contribution in [-0.4, -0.2) is 141 Å². The summed E-state index contributed by atoms with van der Waals surface area (Å²) in [6, 6.07) is 0. The third-order valence-electron chi connectivity index (χ3n) is 7.77. The molecule has 0 saturated heterocycles. The van der Waals surface area contributed by atoms with E-state index >= 15 is 0 Å². The van der Waals surface area contributed by atoms with E-state index < -0.39 is 12.1 Å². The molecule has 0 aromatic carbocycles. The first-order valence-electron chi connectivity index (χ1n) is 18.9. The summed E-state index contributed by atoms with van der Waals surface area (Å²) >= 11 is 4.05. The molecular formula is C38H63N4O12PS. The smallest absolute Gasteiger partial charge is 0.254 e. The lowest BCUT2D eigenvalue weighted by atomic mass is 9.83. The second-order valence-corrected chi connectivity index (χ2v) is 16.2. The molecule has 4 N–H and O–H groups in total. The van der Waals surface area contributed by atoms with E-state index in [9.17, 15) is 23.7 Å². The normalized spacial score (nSPS) is 12.1. The van der Waals surface area contributed by atoms with Gasteiger partial charge in [0.15, 0.2) is 0 Å². The highest BCUT2D eigenvalue weighted by atomic mass is 32.7. The van der Waals surface area contributed by atoms with Crippen molar-refractivity contribution in [3.8, 4) is 37.0 Å². The molecule has 0 heterocycles. The average Bonchev–Trinajstić information content (AvgIpc) is 3.18. The van der Waals surface area contributed by atoms with E-state index in [1.54, 1.807) is 6.92 Å². The fraction of sp³-hybridized carbons (Fsp3) is 0.737. The van der Waals surface area contributed by atoms with E-state index in [2.05, 4.69) is 51.3 Å². The van der Waals surface area contributed by atoms with Crippen LogP contribution in [0, 0.1) is 37.0 Å². The molecule has 0 aliphatic heterocycles. The number of unbranched alkanes of at least 4 members (excludes halogenated alkanes) is 1. The van der Waals surface area contributed by atoms with Crippen molar-refractivity contribution in [2.24, 2.45) is 0 Å². The molecule has 318 valence electrons. The molecule has 1 atom stereocenters. The summed E-state index contributed by atoms with van der Waals surface area (Å²) in [5.41, 5.74) is -1.09. The number of amides is 4. The van der Waals surface area contributed by atoms with Crippen molar-refractivity contribution in [1.29, 1.82) is 0 Å². The summed E-state index contributed by atoms with van der Waals surface area (Å²) in [5.74, 6) is 5.90. The summed E-state index contributed by atoms with van der Waals surface area (Å²) in [4.78, 5) is 52.3. The minimum atomic E-state index is -2.96. The van der Waals surface area contributed by atoms with Crippen LogP contribution in [0.4, 0.5) is 0 Å². The Bertz CT molecular complexity index is 1160. The zero-order valence-corrected chi connectivity index (χ0v) is 34.7. The molecule has 4 amide bonds. The minimum Gasteiger partial charge on any atom is -0.377 e. The van der Waals surface area contributed by atoms with Crippen molar-refractivity contribution in [3.05, 3.63) is 0 Å². The van der Waals surface area contributed by atoms with Crippen molar-refractivity contribution in [2.45, 2.75) is 70.3 Å². The highest BCUT2D eigenvalue weighted by molar-refractivity contribution is 8.46. The van der Waals surface area contributed by atoms with Gasteiger partial charge >= 0.3 is 0 Å². The van der Waals surface area contributed by atoms with Gasteiger partial charge in [0.25, 0.3) is 6.57 Å². The standard InChI is InChI=1S/C38H63N4O12PS/c1-5-21-48-28-31-51-25-18-39-34(43)12-15-38(42-37(46)11-9-10-24-54-55(47,56)8-4,16-13-35(44)40-19-26-52-32-29-49-22-6-2)17-14-36(45)41-20-27-53-33-30-50-23-7-3/h1-3H,8-33H2,4H3,(H,39,43)(H,40,44)(H,41,45)(H,42,46)(H,47,56). The van der Waals surface area contributed by atoms with E-state index in [0.717, 1.165) is 0 Å². The van der Waals surface area contributed by atoms with Gasteiger partial charge in [-0.2, -0.15) is 0 Å². The van der Waals surface area contributed by atoms with Crippen LogP contribution in [0.3, 0.4) is 0 Å². The Morgan fingerprint density at radius 1 is 0.554 bits per heavy atom. The number of rotatable bonds is 38. The van der Waals surface area contributed by atoms with Gasteiger partial charge in [-0.1, -0.05) is 36.9 Å². The summed E-state index contributed by atoms with van der Waals surface area (Å²) in [7, 11) is 0. The highest BCUT2D eigenvalue weighted by Crippen LogP contribution is 2.51. The molecule has 0 radical (unpaired) electrons. The van der Waals surface area contributed by atoms with Gasteiger partial charge in [-0.3, -0.25) is 23.7 Å². The lowest BCUT2D eigenvalue weighted by Gasteiger charge is -2.35. The topological polar surface area (TPSA) is 198 Å². The molecule has 0 rings (SSSR count). The summed E-state index contributed by atoms with van der Waals surface area (Å²) < 4.78 is 49.3. The number of hydrogen-bond acceptors (Lipinski definition) is 12. The van der Waals surface area contributed by atoms with Crippen molar-refractivity contribution in [1.82, 2.24) is 21.3 Å². The zero-order valence-electron chi connectivity index (χ0n) is 32.9. The molecule has 0 aromatic heterocycles. The second-order valence-electron chi connectivity index (χ2n) is 12.2. The van der Waals surface area contributed by atoms with Crippen LogP contribution < -0.4 is 21.3 Å². The molecule has 0 spiro atoms. The molecule has 0 aliphatic carbocycles. The fourth-order valence-electron chi connectivity index (χ4n) is 4.77. The fourth-order valence-corrected chi connectivity index (χ4v) is 5.61. The molecule has 56 heavy (non-hydrogen) atoms. The van der Waals surface area contributed by atoms with Crippen LogP contribution in [0.1, 0.15) is 64.7 Å². The minimum absolute atomic E-state index is 0.00204. The van der Waals surface area contributed by atoms with Gasteiger partial charge in [0.2, 0.25) is 23.6 Å². The number of carbonyl (C=O) groups excluding carboxylic acids is 4. The predicted molar refractivity (Wildman–Crippen MR) is 216 cm³/mol. The number of thiol groups is 1. The molecule has 18 heteroatoms. The Morgan fingerprint density at radius 2 is 0.929 bits per heavy atom. The third-order valence-corrected chi connectivity index (χ3v) is 10.3. The lowest BCUT2D eigenvalue weighted by molar-refractivity contribution is -0.127. The van der Waals surface area contributed by atoms with Gasteiger partial charge in [0, 0.05) is 57.0 Å². The predicted octanol–water partition coefficient (Wildman–Crippen LogP) is 1.86. The molecule has 1 unspecified atom stereocenters. The average molecular weight is 831 g/mol. The van der Waals surface area contributed by atoms with Gasteiger partial charge in [-0.05, 0) is 32.1 Å². The number of ether oxygens (including phenoxy) is 6. The lowest BCUT2D eigenvalue weighted by Crippen LogP contribution is -2.50. The van der Waals surface area contributed by atoms with Crippen molar-refractivity contribution < 1.29 is 56.7 Å².